The first kappa shape index (κ1) is 76.0. The molecule has 1 saturated heterocycles. The highest BCUT2D eigenvalue weighted by atomic mass is 32.2. The van der Waals surface area contributed by atoms with Crippen LogP contribution in [0, 0.1) is 18.6 Å². The van der Waals surface area contributed by atoms with Gasteiger partial charge < -0.3 is 79.0 Å². The zero-order valence-corrected chi connectivity index (χ0v) is 58.1. The number of aromatic nitrogens is 4. The summed E-state index contributed by atoms with van der Waals surface area (Å²) in [7, 11) is 0. The molecule has 31 heteroatoms. The van der Waals surface area contributed by atoms with Crippen LogP contribution in [-0.2, 0) is 89.9 Å². The molecule has 16 N–H and O–H groups in total. The van der Waals surface area contributed by atoms with E-state index in [4.69, 9.17) is 11.5 Å². The molecule has 10 amide bonds. The third kappa shape index (κ3) is 21.0. The summed E-state index contributed by atoms with van der Waals surface area (Å²) in [5, 5.41) is 32.4. The minimum Gasteiger partial charge on any atom is -0.481 e. The molecule has 3 aromatic heterocycles. The van der Waals surface area contributed by atoms with Crippen LogP contribution in [-0.4, -0.2) is 174 Å². The fourth-order valence-corrected chi connectivity index (χ4v) is 14.4. The van der Waals surface area contributed by atoms with E-state index in [2.05, 4.69) is 62.5 Å². The number of imidazole rings is 1. The minimum absolute atomic E-state index is 0.00834. The first-order valence-corrected chi connectivity index (χ1v) is 35.9. The average Bonchev–Trinajstić information content (AvgIpc) is 1.62. The van der Waals surface area contributed by atoms with E-state index in [0.717, 1.165) is 16.7 Å². The summed E-state index contributed by atoms with van der Waals surface area (Å²) in [6.07, 6.45) is 5.13. The summed E-state index contributed by atoms with van der Waals surface area (Å²) in [6, 6.07) is 12.0. The van der Waals surface area contributed by atoms with Crippen molar-refractivity contribution in [3.8, 4) is 0 Å². The Balaban J connectivity index is 1.05. The molecule has 0 spiro atoms. The Kier molecular flexibility index (Phi) is 26.8. The van der Waals surface area contributed by atoms with Gasteiger partial charge in [0, 0.05) is 101 Å². The molecule has 0 unspecified atom stereocenters. The lowest BCUT2D eigenvalue weighted by Gasteiger charge is -2.37. The molecule has 542 valence electrons. The number of unbranched alkanes of at least 4 members (excludes halogenated alkanes) is 1. The number of halogens is 2. The third-order valence-corrected chi connectivity index (χ3v) is 20.1. The summed E-state index contributed by atoms with van der Waals surface area (Å²) >= 11 is 2.82. The number of primary amides is 1. The van der Waals surface area contributed by atoms with E-state index in [1.54, 1.807) is 31.3 Å². The number of carbonyl (C=O) groups excluding carboxylic acids is 10. The van der Waals surface area contributed by atoms with Crippen LogP contribution in [0.15, 0.2) is 110 Å². The van der Waals surface area contributed by atoms with Crippen LogP contribution in [0.25, 0.3) is 21.8 Å². The quantitative estimate of drug-likeness (QED) is 0.0618. The minimum atomic E-state index is -2.01. The van der Waals surface area contributed by atoms with Crippen molar-refractivity contribution >= 4 is 110 Å². The number of carboxylic acids is 1. The Hall–Kier alpha value is -10.1. The average molecular weight is 1440 g/mol. The second-order valence-corrected chi connectivity index (χ2v) is 27.9. The highest BCUT2D eigenvalue weighted by Gasteiger charge is 2.49. The van der Waals surface area contributed by atoms with Crippen molar-refractivity contribution in [2.24, 2.45) is 11.5 Å². The number of hydrogen-bond acceptors (Lipinski definition) is 15. The molecule has 0 radical (unpaired) electrons. The topological polar surface area (TPSA) is 420 Å². The lowest BCUT2D eigenvalue weighted by atomic mass is 9.95. The number of carbonyl (C=O) groups is 11. The normalized spacial score (nSPS) is 22.6. The summed E-state index contributed by atoms with van der Waals surface area (Å²) < 4.78 is 29.7. The van der Waals surface area contributed by atoms with Crippen molar-refractivity contribution in [2.45, 2.75) is 150 Å². The van der Waals surface area contributed by atoms with Gasteiger partial charge in [-0.3, -0.25) is 52.7 Å². The molecular weight excluding hydrogens is 1360 g/mol. The Labute approximate surface area is 594 Å². The van der Waals surface area contributed by atoms with Crippen molar-refractivity contribution in [3.05, 3.63) is 161 Å². The predicted molar refractivity (Wildman–Crippen MR) is 379 cm³/mol. The molecule has 4 aromatic carbocycles. The number of hydrogen-bond donors (Lipinski definition) is 14. The van der Waals surface area contributed by atoms with Crippen LogP contribution in [0.5, 0.6) is 0 Å². The number of nitrogens with zero attached hydrogens (tertiary/aromatic N) is 2. The molecule has 7 aromatic rings. The maximum absolute atomic E-state index is 15.3. The van der Waals surface area contributed by atoms with Gasteiger partial charge in [0.25, 0.3) is 0 Å². The van der Waals surface area contributed by atoms with Gasteiger partial charge in [0.1, 0.15) is 59.5 Å². The molecule has 9 rings (SSSR count). The van der Waals surface area contributed by atoms with Gasteiger partial charge in [-0.05, 0) is 130 Å². The SMILES string of the molecule is Cc1cccc(C[C@@H]2NC(=O)[C@H](Cc3cnc[nH]3)NC(=O)[C@H](CC(=O)O)NC(=O)[C@H](Cc3c[nH]c4ccc(F)cc34)NC(=O)[C@H](CCc3c[nH]c4ccc(F)cc34)NC(=O)CNC(=O)[C@H](CCCCN)NC(=O)CCSCc3cccc(c3)CSC[C@@H](C(N)=O)NC(=O)[C@]3(C)CCCN3C2=O)c1. The number of thioether (sulfide) groups is 2. The number of aryl methyl sites for hydroxylation is 2. The second-order valence-electron chi connectivity index (χ2n) is 25.7. The fourth-order valence-electron chi connectivity index (χ4n) is 12.5. The summed E-state index contributed by atoms with van der Waals surface area (Å²) in [4.78, 5) is 172. The van der Waals surface area contributed by atoms with Crippen LogP contribution >= 0.6 is 23.5 Å². The number of rotatable bonds is 16. The summed E-state index contributed by atoms with van der Waals surface area (Å²) in [6.45, 7) is 3.04. The fraction of sp³-hybridized carbons (Fsp3) is 0.408. The smallest absolute Gasteiger partial charge is 0.305 e. The first-order valence-electron chi connectivity index (χ1n) is 33.6. The number of carboxylic acid groups (broad SMARTS) is 1. The number of nitrogens with one attached hydrogen (secondary N) is 11. The second kappa shape index (κ2) is 35.9. The Morgan fingerprint density at radius 2 is 1.27 bits per heavy atom. The lowest BCUT2D eigenvalue weighted by Crippen LogP contribution is -2.63. The van der Waals surface area contributed by atoms with Gasteiger partial charge in [0.2, 0.25) is 59.1 Å². The van der Waals surface area contributed by atoms with Gasteiger partial charge >= 0.3 is 5.97 Å². The Morgan fingerprint density at radius 3 is 1.94 bits per heavy atom. The number of amides is 10. The van der Waals surface area contributed by atoms with E-state index in [0.29, 0.717) is 76.3 Å². The van der Waals surface area contributed by atoms with Crippen LogP contribution in [0.3, 0.4) is 0 Å². The Morgan fingerprint density at radius 1 is 0.657 bits per heavy atom. The molecule has 102 heavy (non-hydrogen) atoms. The standard InChI is InChI=1S/C71H85F2N15O12S2/c1-40-8-5-9-41(24-40)26-58-69(99)88-22-7-20-71(88,2)70(100)87-59(63(75)93)38-102-37-43-11-6-10-42(25-43)36-101-23-19-60(89)81-53(12-3-4-21-74)64(94)79-35-61(90)82-54(16-13-44-32-77-51-17-14-46(72)28-49(44)51)65(95)83-55(27-45-33-78-52-18-15-47(73)29-50(45)52)66(96)85-57(31-62(91)92)68(98)84-56(67(97)86-58)30-48-34-76-39-80-48/h5-6,8-11,14-15,17-18,24-25,28-29,32-34,39,53-59,77-78H,3-4,7,12-13,16,19-23,26-27,30-31,35-38,74H2,1-2H3,(H2,75,93)(H,76,80)(H,79,94)(H,81,89)(H,82,90)(H,83,95)(H,84,98)(H,85,96)(H,86,97)(H,87,100)(H,91,92)/t53-,54-,55-,56-,57-,58-,59-,71-/m0/s1. The van der Waals surface area contributed by atoms with Crippen molar-refractivity contribution in [2.75, 3.05) is 31.1 Å². The molecule has 0 saturated carbocycles. The maximum atomic E-state index is 15.3. The molecule has 5 heterocycles. The van der Waals surface area contributed by atoms with Gasteiger partial charge in [-0.25, -0.2) is 13.8 Å². The maximum Gasteiger partial charge on any atom is 0.305 e. The molecule has 2 aliphatic rings. The highest BCUT2D eigenvalue weighted by Crippen LogP contribution is 2.32. The summed E-state index contributed by atoms with van der Waals surface area (Å²) in [5.41, 5.74) is 15.5. The molecule has 0 aliphatic carbocycles. The zero-order valence-electron chi connectivity index (χ0n) is 56.4. The van der Waals surface area contributed by atoms with E-state index in [-0.39, 0.29) is 68.2 Å². The van der Waals surface area contributed by atoms with Gasteiger partial charge in [0.15, 0.2) is 0 Å². The van der Waals surface area contributed by atoms with Crippen LogP contribution < -0.4 is 54.0 Å². The number of nitrogens with two attached hydrogens (primary N) is 2. The van der Waals surface area contributed by atoms with Crippen LogP contribution in [0.1, 0.15) is 97.4 Å². The number of fused-ring (bicyclic) bond motifs is 5. The van der Waals surface area contributed by atoms with E-state index < -0.39 is 144 Å². The zero-order chi connectivity index (χ0) is 73.0. The molecule has 27 nitrogen and oxygen atoms in total. The molecule has 2 bridgehead atoms. The summed E-state index contributed by atoms with van der Waals surface area (Å²) in [5.74, 6) is -10.0. The number of benzene rings is 4. The van der Waals surface area contributed by atoms with E-state index >= 15 is 19.2 Å². The first-order chi connectivity index (χ1) is 48.9. The highest BCUT2D eigenvalue weighted by molar-refractivity contribution is 7.98. The lowest BCUT2D eigenvalue weighted by molar-refractivity contribution is -0.147. The van der Waals surface area contributed by atoms with Crippen molar-refractivity contribution in [1.82, 2.24) is 67.4 Å². The van der Waals surface area contributed by atoms with Gasteiger partial charge in [-0.15, -0.1) is 0 Å². The van der Waals surface area contributed by atoms with Gasteiger partial charge in [0.05, 0.1) is 19.3 Å². The predicted octanol–water partition coefficient (Wildman–Crippen LogP) is 3.17. The molecule has 2 aliphatic heterocycles. The van der Waals surface area contributed by atoms with Crippen LogP contribution in [0.2, 0.25) is 0 Å². The van der Waals surface area contributed by atoms with E-state index in [9.17, 15) is 47.4 Å². The molecule has 8 atom stereocenters. The van der Waals surface area contributed by atoms with Gasteiger partial charge in [-0.2, -0.15) is 23.5 Å². The number of aromatic amines is 3. The number of aliphatic carboxylic acids is 1. The monoisotopic (exact) mass is 1440 g/mol. The third-order valence-electron chi connectivity index (χ3n) is 18.0. The molecular formula is C71H85F2N15O12S2. The van der Waals surface area contributed by atoms with Crippen molar-refractivity contribution < 1.29 is 66.6 Å². The largest absolute Gasteiger partial charge is 0.481 e. The van der Waals surface area contributed by atoms with Gasteiger partial charge in [-0.1, -0.05) is 54.1 Å². The molecule has 1 fully saturated rings. The van der Waals surface area contributed by atoms with E-state index in [1.807, 2.05) is 37.3 Å². The van der Waals surface area contributed by atoms with Crippen LogP contribution in [0.4, 0.5) is 8.78 Å². The van der Waals surface area contributed by atoms with Crippen molar-refractivity contribution in [3.63, 3.8) is 0 Å². The number of H-pyrrole nitrogens is 3. The van der Waals surface area contributed by atoms with E-state index in [1.165, 1.54) is 83.5 Å². The van der Waals surface area contributed by atoms with Crippen molar-refractivity contribution in [1.29, 1.82) is 0 Å². The Bertz CT molecular complexity index is 4190.